The lowest BCUT2D eigenvalue weighted by molar-refractivity contribution is -0.138. The number of pyridine rings is 1. The first-order valence-corrected chi connectivity index (χ1v) is 11.5. The molecule has 5 nitrogen and oxygen atoms in total. The summed E-state index contributed by atoms with van der Waals surface area (Å²) in [6.07, 6.45) is -12.8. The molecule has 0 aliphatic carbocycles. The van der Waals surface area contributed by atoms with E-state index in [9.17, 15) is 39.5 Å². The number of imidazole rings is 1. The molecule has 2 aromatic carbocycles. The summed E-state index contributed by atoms with van der Waals surface area (Å²) in [6.45, 7) is 0.737. The van der Waals surface area contributed by atoms with Crippen LogP contribution in [-0.2, 0) is 18.5 Å². The lowest BCUT2D eigenvalue weighted by Gasteiger charge is -2.36. The van der Waals surface area contributed by atoms with Crippen LogP contribution in [0, 0.1) is 0 Å². The number of aromatic nitrogens is 3. The summed E-state index contributed by atoms with van der Waals surface area (Å²) in [6, 6.07) is 7.50. The molecule has 0 atom stereocenters. The van der Waals surface area contributed by atoms with E-state index in [1.807, 2.05) is 0 Å². The second kappa shape index (κ2) is 9.35. The Hall–Kier alpha value is -3.97. The number of H-pyrrole nitrogens is 1. The van der Waals surface area contributed by atoms with Gasteiger partial charge in [0.15, 0.2) is 0 Å². The second-order valence-electron chi connectivity index (χ2n) is 8.89. The molecule has 1 saturated heterocycles. The Labute approximate surface area is 214 Å². The summed E-state index contributed by atoms with van der Waals surface area (Å²) in [5, 5.41) is 0. The lowest BCUT2D eigenvalue weighted by atomic mass is 9.97. The first-order chi connectivity index (χ1) is 18.2. The third-order valence-corrected chi connectivity index (χ3v) is 6.41. The van der Waals surface area contributed by atoms with Crippen LogP contribution in [0.1, 0.15) is 16.7 Å². The second-order valence-corrected chi connectivity index (χ2v) is 8.89. The average molecular weight is 559 g/mol. The molecule has 4 aromatic rings. The van der Waals surface area contributed by atoms with E-state index in [-0.39, 0.29) is 60.1 Å². The molecule has 0 amide bonds. The molecule has 1 fully saturated rings. The van der Waals surface area contributed by atoms with Gasteiger partial charge in [-0.05, 0) is 47.5 Å². The van der Waals surface area contributed by atoms with Crippen molar-refractivity contribution in [3.8, 4) is 11.1 Å². The molecule has 0 radical (unpaired) electrons. The Bertz CT molecular complexity index is 1480. The van der Waals surface area contributed by atoms with Crippen molar-refractivity contribution in [1.29, 1.82) is 0 Å². The van der Waals surface area contributed by atoms with Gasteiger partial charge in [-0.2, -0.15) is 39.5 Å². The molecule has 14 heteroatoms. The SMILES string of the molecule is FC(F)(F)c1ccc(-c2cc3nc(N4CCN(c5ncccc5C(F)(F)F)CC4)[nH]c3cc2C(F)(F)F)cc1. The number of rotatable bonds is 3. The van der Waals surface area contributed by atoms with E-state index in [1.165, 1.54) is 17.2 Å². The Morgan fingerprint density at radius 3 is 1.90 bits per heavy atom. The Kier molecular flexibility index (Phi) is 6.38. The molecule has 0 spiro atoms. The summed E-state index contributed by atoms with van der Waals surface area (Å²) in [5.41, 5.74) is -3.09. The maximum Gasteiger partial charge on any atom is 0.419 e. The van der Waals surface area contributed by atoms with E-state index in [0.29, 0.717) is 12.1 Å². The van der Waals surface area contributed by atoms with Gasteiger partial charge in [0.25, 0.3) is 0 Å². The molecule has 0 unspecified atom stereocenters. The number of nitrogens with zero attached hydrogens (tertiary/aromatic N) is 4. The van der Waals surface area contributed by atoms with Gasteiger partial charge in [0.05, 0.1) is 27.7 Å². The first kappa shape index (κ1) is 26.6. The third kappa shape index (κ3) is 5.32. The summed E-state index contributed by atoms with van der Waals surface area (Å²) in [4.78, 5) is 14.3. The van der Waals surface area contributed by atoms with Crippen molar-refractivity contribution in [1.82, 2.24) is 15.0 Å². The highest BCUT2D eigenvalue weighted by atomic mass is 19.4. The molecule has 0 saturated carbocycles. The van der Waals surface area contributed by atoms with Gasteiger partial charge in [-0.3, -0.25) is 0 Å². The van der Waals surface area contributed by atoms with Gasteiger partial charge < -0.3 is 14.8 Å². The molecule has 1 aliphatic heterocycles. The molecule has 1 aliphatic rings. The van der Waals surface area contributed by atoms with Crippen LogP contribution in [0.15, 0.2) is 54.7 Å². The predicted molar refractivity (Wildman–Crippen MR) is 125 cm³/mol. The van der Waals surface area contributed by atoms with Crippen LogP contribution in [0.25, 0.3) is 22.2 Å². The summed E-state index contributed by atoms with van der Waals surface area (Å²) >= 11 is 0. The van der Waals surface area contributed by atoms with Crippen LogP contribution in [0.2, 0.25) is 0 Å². The number of hydrogen-bond donors (Lipinski definition) is 1. The molecule has 2 aromatic heterocycles. The first-order valence-electron chi connectivity index (χ1n) is 11.5. The van der Waals surface area contributed by atoms with Crippen molar-refractivity contribution in [3.05, 3.63) is 71.4 Å². The highest BCUT2D eigenvalue weighted by Crippen LogP contribution is 2.41. The molecule has 1 N–H and O–H groups in total. The minimum Gasteiger partial charge on any atom is -0.353 e. The minimum absolute atomic E-state index is 0.0551. The van der Waals surface area contributed by atoms with E-state index >= 15 is 0 Å². The summed E-state index contributed by atoms with van der Waals surface area (Å²) < 4.78 is 121. The molecule has 3 heterocycles. The van der Waals surface area contributed by atoms with Crippen molar-refractivity contribution >= 4 is 22.8 Å². The van der Waals surface area contributed by atoms with Crippen LogP contribution in [0.3, 0.4) is 0 Å². The molecule has 0 bridgehead atoms. The number of fused-ring (bicyclic) bond motifs is 1. The highest BCUT2D eigenvalue weighted by Gasteiger charge is 2.37. The normalized spacial score (nSPS) is 15.3. The Morgan fingerprint density at radius 1 is 0.692 bits per heavy atom. The van der Waals surface area contributed by atoms with E-state index < -0.39 is 35.2 Å². The zero-order valence-corrected chi connectivity index (χ0v) is 19.7. The predicted octanol–water partition coefficient (Wildman–Crippen LogP) is 7.01. The van der Waals surface area contributed by atoms with Crippen molar-refractivity contribution in [2.45, 2.75) is 18.5 Å². The molecular formula is C25H18F9N5. The van der Waals surface area contributed by atoms with Crippen molar-refractivity contribution in [3.63, 3.8) is 0 Å². The number of anilines is 2. The number of aromatic amines is 1. The number of piperazine rings is 1. The maximum absolute atomic E-state index is 13.9. The number of hydrogen-bond acceptors (Lipinski definition) is 4. The number of halogens is 9. The van der Waals surface area contributed by atoms with Gasteiger partial charge in [0, 0.05) is 32.4 Å². The maximum atomic E-state index is 13.9. The monoisotopic (exact) mass is 559 g/mol. The third-order valence-electron chi connectivity index (χ3n) is 6.41. The van der Waals surface area contributed by atoms with Crippen LogP contribution in [0.4, 0.5) is 51.3 Å². The van der Waals surface area contributed by atoms with E-state index in [0.717, 1.165) is 30.3 Å². The lowest BCUT2D eigenvalue weighted by Crippen LogP contribution is -2.47. The van der Waals surface area contributed by atoms with Crippen LogP contribution >= 0.6 is 0 Å². The summed E-state index contributed by atoms with van der Waals surface area (Å²) in [5.74, 6) is 0.0182. The van der Waals surface area contributed by atoms with Gasteiger partial charge in [-0.15, -0.1) is 0 Å². The van der Waals surface area contributed by atoms with Gasteiger partial charge in [-0.1, -0.05) is 12.1 Å². The van der Waals surface area contributed by atoms with Crippen molar-refractivity contribution < 1.29 is 39.5 Å². The summed E-state index contributed by atoms with van der Waals surface area (Å²) in [7, 11) is 0. The quantitative estimate of drug-likeness (QED) is 0.275. The van der Waals surface area contributed by atoms with Crippen LogP contribution < -0.4 is 9.80 Å². The highest BCUT2D eigenvalue weighted by molar-refractivity contribution is 5.86. The minimum atomic E-state index is -4.80. The fourth-order valence-corrected chi connectivity index (χ4v) is 4.51. The fourth-order valence-electron chi connectivity index (χ4n) is 4.51. The van der Waals surface area contributed by atoms with Gasteiger partial charge in [0.2, 0.25) is 5.95 Å². The standard InChI is InChI=1S/C25H18F9N5/c26-23(27,28)15-5-3-14(4-6-15)16-12-19-20(13-18(16)25(32,33)34)37-22(36-19)39-10-8-38(9-11-39)21-17(24(29,30)31)2-1-7-35-21/h1-7,12-13H,8-11H2,(H,36,37). The zero-order valence-electron chi connectivity index (χ0n) is 19.7. The van der Waals surface area contributed by atoms with Gasteiger partial charge in [-0.25, -0.2) is 9.97 Å². The fraction of sp³-hybridized carbons (Fsp3) is 0.280. The number of nitrogens with one attached hydrogen (secondary N) is 1. The van der Waals surface area contributed by atoms with Crippen molar-refractivity contribution in [2.24, 2.45) is 0 Å². The van der Waals surface area contributed by atoms with Crippen LogP contribution in [-0.4, -0.2) is 41.1 Å². The Balaban J connectivity index is 1.43. The van der Waals surface area contributed by atoms with Crippen molar-refractivity contribution in [2.75, 3.05) is 36.0 Å². The Morgan fingerprint density at radius 2 is 1.31 bits per heavy atom. The smallest absolute Gasteiger partial charge is 0.353 e. The average Bonchev–Trinajstić information content (AvgIpc) is 3.30. The van der Waals surface area contributed by atoms with E-state index in [2.05, 4.69) is 15.0 Å². The van der Waals surface area contributed by atoms with E-state index in [4.69, 9.17) is 0 Å². The largest absolute Gasteiger partial charge is 0.419 e. The molecule has 39 heavy (non-hydrogen) atoms. The van der Waals surface area contributed by atoms with E-state index in [1.54, 1.807) is 4.90 Å². The topological polar surface area (TPSA) is 48.1 Å². The van der Waals surface area contributed by atoms with Gasteiger partial charge >= 0.3 is 18.5 Å². The molecular weight excluding hydrogens is 541 g/mol. The number of alkyl halides is 9. The van der Waals surface area contributed by atoms with Crippen LogP contribution in [0.5, 0.6) is 0 Å². The van der Waals surface area contributed by atoms with Gasteiger partial charge in [0.1, 0.15) is 5.82 Å². The number of benzene rings is 2. The molecule has 5 rings (SSSR count). The zero-order chi connectivity index (χ0) is 28.2. The molecule has 206 valence electrons.